The van der Waals surface area contributed by atoms with E-state index >= 15 is 4.39 Å². The Bertz CT molecular complexity index is 993. The Hall–Kier alpha value is -2.56. The zero-order valence-electron chi connectivity index (χ0n) is 16.4. The van der Waals surface area contributed by atoms with Gasteiger partial charge in [0.2, 0.25) is 0 Å². The third-order valence-electron chi connectivity index (χ3n) is 7.73. The van der Waals surface area contributed by atoms with E-state index in [1.165, 1.54) is 5.56 Å². The van der Waals surface area contributed by atoms with Crippen LogP contribution in [0.3, 0.4) is 0 Å². The minimum Gasteiger partial charge on any atom is -0.493 e. The van der Waals surface area contributed by atoms with E-state index < -0.39 is 12.3 Å². The highest BCUT2D eigenvalue weighted by molar-refractivity contribution is 5.94. The first-order chi connectivity index (χ1) is 14.1. The Balaban J connectivity index is 1.49. The van der Waals surface area contributed by atoms with Crippen molar-refractivity contribution in [2.75, 3.05) is 13.7 Å². The van der Waals surface area contributed by atoms with Gasteiger partial charge in [0, 0.05) is 29.1 Å². The number of methoxy groups -OCH3 is 1. The summed E-state index contributed by atoms with van der Waals surface area (Å²) in [5, 5.41) is 0. The third kappa shape index (κ3) is 2.11. The van der Waals surface area contributed by atoms with Crippen molar-refractivity contribution in [1.29, 1.82) is 0 Å². The number of carbonyl (C=O) groups excluding carboxylic acids is 1. The van der Waals surface area contributed by atoms with Gasteiger partial charge in [0.05, 0.1) is 7.11 Å². The molecule has 1 amide bonds. The summed E-state index contributed by atoms with van der Waals surface area (Å²) in [6.07, 6.45) is 1.37. The molecule has 2 fully saturated rings. The van der Waals surface area contributed by atoms with E-state index in [2.05, 4.69) is 6.07 Å². The van der Waals surface area contributed by atoms with Crippen molar-refractivity contribution in [2.45, 2.75) is 49.4 Å². The molecular weight excluding hydrogens is 369 g/mol. The molecule has 4 nitrogen and oxygen atoms in total. The van der Waals surface area contributed by atoms with Gasteiger partial charge in [-0.2, -0.15) is 0 Å². The summed E-state index contributed by atoms with van der Waals surface area (Å²) in [7, 11) is 1.64. The van der Waals surface area contributed by atoms with E-state index in [9.17, 15) is 4.79 Å². The lowest BCUT2D eigenvalue weighted by molar-refractivity contribution is -0.0739. The lowest BCUT2D eigenvalue weighted by Gasteiger charge is -2.58. The van der Waals surface area contributed by atoms with Gasteiger partial charge in [-0.3, -0.25) is 4.79 Å². The Morgan fingerprint density at radius 1 is 1.21 bits per heavy atom. The smallest absolute Gasteiger partial charge is 0.254 e. The Kier molecular flexibility index (Phi) is 3.57. The van der Waals surface area contributed by atoms with Crippen molar-refractivity contribution in [3.63, 3.8) is 0 Å². The highest BCUT2D eigenvalue weighted by Crippen LogP contribution is 2.64. The normalized spacial score (nSPS) is 33.7. The molecule has 0 aromatic heterocycles. The van der Waals surface area contributed by atoms with Crippen LogP contribution in [0.4, 0.5) is 4.39 Å². The number of nitrogens with zero attached hydrogens (tertiary/aromatic N) is 1. The summed E-state index contributed by atoms with van der Waals surface area (Å²) >= 11 is 0. The molecule has 0 radical (unpaired) electrons. The van der Waals surface area contributed by atoms with Crippen molar-refractivity contribution in [3.8, 4) is 11.5 Å². The zero-order valence-corrected chi connectivity index (χ0v) is 16.4. The van der Waals surface area contributed by atoms with E-state index in [0.29, 0.717) is 18.7 Å². The monoisotopic (exact) mass is 393 g/mol. The van der Waals surface area contributed by atoms with Crippen molar-refractivity contribution < 1.29 is 18.7 Å². The molecule has 0 N–H and O–H groups in total. The molecule has 2 aliphatic carbocycles. The average molecular weight is 393 g/mol. The molecule has 5 heteroatoms. The molecule has 4 aliphatic rings. The first-order valence-corrected chi connectivity index (χ1v) is 10.5. The van der Waals surface area contributed by atoms with Gasteiger partial charge in [-0.1, -0.05) is 24.3 Å². The van der Waals surface area contributed by atoms with Crippen LogP contribution in [0, 0.1) is 5.92 Å². The van der Waals surface area contributed by atoms with Crippen LogP contribution < -0.4 is 9.47 Å². The number of halogens is 1. The van der Waals surface area contributed by atoms with E-state index in [1.807, 2.05) is 41.3 Å². The molecule has 6 rings (SSSR count). The van der Waals surface area contributed by atoms with Gasteiger partial charge >= 0.3 is 0 Å². The van der Waals surface area contributed by atoms with Crippen LogP contribution in [0.25, 0.3) is 0 Å². The minimum atomic E-state index is -0.980. The largest absolute Gasteiger partial charge is 0.493 e. The van der Waals surface area contributed by atoms with E-state index in [-0.39, 0.29) is 23.3 Å². The Morgan fingerprint density at radius 2 is 2.03 bits per heavy atom. The van der Waals surface area contributed by atoms with Gasteiger partial charge in [0.25, 0.3) is 5.91 Å². The number of ether oxygens (including phenoxy) is 2. The molecule has 2 heterocycles. The second-order valence-corrected chi connectivity index (χ2v) is 8.80. The van der Waals surface area contributed by atoms with Crippen LogP contribution in [-0.2, 0) is 11.8 Å². The van der Waals surface area contributed by atoms with Crippen LogP contribution in [0.2, 0.25) is 0 Å². The number of benzene rings is 2. The summed E-state index contributed by atoms with van der Waals surface area (Å²) < 4.78 is 27.0. The van der Waals surface area contributed by atoms with E-state index in [1.54, 1.807) is 7.11 Å². The number of amides is 1. The van der Waals surface area contributed by atoms with Gasteiger partial charge in [-0.15, -0.1) is 0 Å². The van der Waals surface area contributed by atoms with E-state index in [0.717, 1.165) is 36.1 Å². The SMILES string of the molecule is COc1ccc2c3c1O[C@@H]1C(F)CCC4[C@H](C2)N(C(=O)c2ccccc2)CCC341. The summed E-state index contributed by atoms with van der Waals surface area (Å²) in [5.41, 5.74) is 2.73. The second-order valence-electron chi connectivity index (χ2n) is 8.80. The fourth-order valence-corrected chi connectivity index (χ4v) is 6.63. The van der Waals surface area contributed by atoms with Gasteiger partial charge in [0.15, 0.2) is 11.5 Å². The number of rotatable bonds is 2. The maximum atomic E-state index is 15.1. The van der Waals surface area contributed by atoms with E-state index in [4.69, 9.17) is 9.47 Å². The second kappa shape index (κ2) is 5.97. The van der Waals surface area contributed by atoms with Crippen LogP contribution in [0.1, 0.15) is 40.7 Å². The molecule has 150 valence electrons. The molecule has 2 aromatic rings. The highest BCUT2D eigenvalue weighted by Gasteiger charge is 2.66. The molecule has 2 aliphatic heterocycles. The predicted molar refractivity (Wildman–Crippen MR) is 106 cm³/mol. The quantitative estimate of drug-likeness (QED) is 0.777. The number of hydrogen-bond acceptors (Lipinski definition) is 3. The van der Waals surface area contributed by atoms with Crippen LogP contribution in [-0.4, -0.2) is 42.8 Å². The molecule has 2 aromatic carbocycles. The molecule has 5 atom stereocenters. The maximum absolute atomic E-state index is 15.1. The molecule has 1 saturated heterocycles. The fraction of sp³-hybridized carbons (Fsp3) is 0.458. The molecule has 1 saturated carbocycles. The Morgan fingerprint density at radius 3 is 2.83 bits per heavy atom. The van der Waals surface area contributed by atoms with Crippen molar-refractivity contribution >= 4 is 5.91 Å². The summed E-state index contributed by atoms with van der Waals surface area (Å²) in [6, 6.07) is 13.6. The van der Waals surface area contributed by atoms with Gasteiger partial charge in [-0.25, -0.2) is 4.39 Å². The van der Waals surface area contributed by atoms with Crippen molar-refractivity contribution in [1.82, 2.24) is 4.90 Å². The standard InChI is InChI=1S/C24H24FNO3/c1-28-19-10-7-15-13-18-16-8-9-17(25)22-24(16,20(15)21(19)29-22)11-12-26(18)23(27)14-5-3-2-4-6-14/h2-7,10,16-18,22H,8-9,11-13H2,1H3/t16?,17?,18-,22+,24?/m0/s1. The van der Waals surface area contributed by atoms with Gasteiger partial charge in [0.1, 0.15) is 12.3 Å². The Labute approximate surface area is 169 Å². The number of piperidine rings is 1. The molecule has 3 unspecified atom stereocenters. The number of alkyl halides is 1. The van der Waals surface area contributed by atoms with Gasteiger partial charge < -0.3 is 14.4 Å². The number of carbonyl (C=O) groups is 1. The maximum Gasteiger partial charge on any atom is 0.254 e. The fourth-order valence-electron chi connectivity index (χ4n) is 6.63. The predicted octanol–water partition coefficient (Wildman–Crippen LogP) is 3.91. The lowest BCUT2D eigenvalue weighted by atomic mass is 9.51. The summed E-state index contributed by atoms with van der Waals surface area (Å²) in [4.78, 5) is 15.4. The molecule has 2 bridgehead atoms. The molecule has 29 heavy (non-hydrogen) atoms. The third-order valence-corrected chi connectivity index (χ3v) is 7.73. The average Bonchev–Trinajstić information content (AvgIpc) is 3.10. The summed E-state index contributed by atoms with van der Waals surface area (Å²) in [5.74, 6) is 1.74. The van der Waals surface area contributed by atoms with Crippen molar-refractivity contribution in [2.24, 2.45) is 5.92 Å². The zero-order chi connectivity index (χ0) is 19.8. The van der Waals surface area contributed by atoms with Gasteiger partial charge in [-0.05, 0) is 55.4 Å². The lowest BCUT2D eigenvalue weighted by Crippen LogP contribution is -2.67. The number of hydrogen-bond donors (Lipinski definition) is 0. The van der Waals surface area contributed by atoms with Crippen molar-refractivity contribution in [3.05, 3.63) is 59.2 Å². The summed E-state index contributed by atoms with van der Waals surface area (Å²) in [6.45, 7) is 0.636. The first-order valence-electron chi connectivity index (χ1n) is 10.5. The van der Waals surface area contributed by atoms with Crippen LogP contribution in [0.5, 0.6) is 11.5 Å². The molecular formula is C24H24FNO3. The van der Waals surface area contributed by atoms with Crippen LogP contribution >= 0.6 is 0 Å². The topological polar surface area (TPSA) is 38.8 Å². The molecule has 1 spiro atoms. The van der Waals surface area contributed by atoms with Crippen LogP contribution in [0.15, 0.2) is 42.5 Å². The highest BCUT2D eigenvalue weighted by atomic mass is 19.1. The number of likely N-dealkylation sites (tertiary alicyclic amines) is 1. The first kappa shape index (κ1) is 17.3. The minimum absolute atomic E-state index is 0.0838.